The summed E-state index contributed by atoms with van der Waals surface area (Å²) in [6.45, 7) is 0.312. The van der Waals surface area contributed by atoms with Crippen molar-refractivity contribution in [3.05, 3.63) is 101 Å². The number of benzene rings is 3. The zero-order chi connectivity index (χ0) is 22.3. The van der Waals surface area contributed by atoms with E-state index in [-0.39, 0.29) is 0 Å². The monoisotopic (exact) mass is 425 g/mol. The molecule has 0 unspecified atom stereocenters. The summed E-state index contributed by atoms with van der Waals surface area (Å²) >= 11 is 0. The normalized spacial score (nSPS) is 10.9. The molecule has 0 saturated carbocycles. The lowest BCUT2D eigenvalue weighted by atomic mass is 10.0. The van der Waals surface area contributed by atoms with Gasteiger partial charge in [-0.1, -0.05) is 42.5 Å². The van der Waals surface area contributed by atoms with E-state index in [1.54, 1.807) is 14.2 Å². The first kappa shape index (κ1) is 21.1. The highest BCUT2D eigenvalue weighted by molar-refractivity contribution is 5.77. The Morgan fingerprint density at radius 1 is 0.781 bits per heavy atom. The van der Waals surface area contributed by atoms with Gasteiger partial charge < -0.3 is 9.47 Å². The van der Waals surface area contributed by atoms with Crippen molar-refractivity contribution in [3.8, 4) is 34.0 Å². The molecular formula is C26H23N3O3. The van der Waals surface area contributed by atoms with E-state index in [2.05, 4.69) is 10.1 Å². The van der Waals surface area contributed by atoms with Crippen LogP contribution in [0.5, 0.6) is 11.5 Å². The second-order valence-corrected chi connectivity index (χ2v) is 7.04. The van der Waals surface area contributed by atoms with Crippen molar-refractivity contribution in [2.75, 3.05) is 14.2 Å². The fourth-order valence-corrected chi connectivity index (χ4v) is 3.28. The third-order valence-electron chi connectivity index (χ3n) is 4.99. The van der Waals surface area contributed by atoms with Gasteiger partial charge in [0.2, 0.25) is 0 Å². The molecule has 1 heterocycles. The van der Waals surface area contributed by atoms with Gasteiger partial charge >= 0.3 is 5.69 Å². The summed E-state index contributed by atoms with van der Waals surface area (Å²) < 4.78 is 11.9. The maximum atomic E-state index is 12.8. The van der Waals surface area contributed by atoms with Crippen molar-refractivity contribution in [2.45, 2.75) is 6.54 Å². The Labute approximate surface area is 186 Å². The summed E-state index contributed by atoms with van der Waals surface area (Å²) in [5.74, 6) is 1.47. The van der Waals surface area contributed by atoms with Crippen LogP contribution in [-0.4, -0.2) is 29.0 Å². The molecule has 0 aliphatic rings. The molecule has 6 heteroatoms. The molecule has 0 aliphatic carbocycles. The van der Waals surface area contributed by atoms with Crippen LogP contribution in [0.25, 0.3) is 28.6 Å². The molecule has 0 bridgehead atoms. The highest BCUT2D eigenvalue weighted by Crippen LogP contribution is 2.29. The van der Waals surface area contributed by atoms with Gasteiger partial charge in [0.25, 0.3) is 0 Å². The number of hydrogen-bond acceptors (Lipinski definition) is 5. The van der Waals surface area contributed by atoms with Crippen LogP contribution in [0.15, 0.2) is 89.7 Å². The maximum absolute atomic E-state index is 12.8. The van der Waals surface area contributed by atoms with Crippen molar-refractivity contribution < 1.29 is 9.47 Å². The van der Waals surface area contributed by atoms with Gasteiger partial charge in [-0.2, -0.15) is 10.1 Å². The van der Waals surface area contributed by atoms with Crippen LogP contribution in [0.3, 0.4) is 0 Å². The molecule has 0 atom stereocenters. The van der Waals surface area contributed by atoms with Crippen molar-refractivity contribution in [1.29, 1.82) is 0 Å². The Bertz CT molecular complexity index is 1260. The smallest absolute Gasteiger partial charge is 0.364 e. The third-order valence-corrected chi connectivity index (χ3v) is 4.99. The number of allylic oxidation sites excluding steroid dienone is 1. The third kappa shape index (κ3) is 4.75. The van der Waals surface area contributed by atoms with Crippen molar-refractivity contribution >= 4 is 6.08 Å². The molecule has 0 amide bonds. The molecule has 32 heavy (non-hydrogen) atoms. The van der Waals surface area contributed by atoms with Crippen LogP contribution in [-0.2, 0) is 6.54 Å². The molecule has 1 aromatic heterocycles. The van der Waals surface area contributed by atoms with Gasteiger partial charge in [0.15, 0.2) is 0 Å². The van der Waals surface area contributed by atoms with E-state index >= 15 is 0 Å². The lowest BCUT2D eigenvalue weighted by Crippen LogP contribution is -2.26. The number of hydrogen-bond donors (Lipinski definition) is 0. The lowest BCUT2D eigenvalue weighted by Gasteiger charge is -2.11. The topological polar surface area (TPSA) is 66.2 Å². The largest absolute Gasteiger partial charge is 0.497 e. The molecule has 0 fully saturated rings. The first-order valence-corrected chi connectivity index (χ1v) is 10.2. The average molecular weight is 425 g/mol. The second kappa shape index (κ2) is 9.75. The van der Waals surface area contributed by atoms with Gasteiger partial charge in [-0.05, 0) is 54.1 Å². The molecule has 0 aliphatic heterocycles. The summed E-state index contributed by atoms with van der Waals surface area (Å²) in [4.78, 5) is 17.2. The summed E-state index contributed by atoms with van der Waals surface area (Å²) in [6.07, 6.45) is 3.86. The lowest BCUT2D eigenvalue weighted by molar-refractivity contribution is 0.414. The molecule has 0 saturated heterocycles. The van der Waals surface area contributed by atoms with Gasteiger partial charge in [0.05, 0.1) is 20.8 Å². The second-order valence-electron chi connectivity index (χ2n) is 7.04. The Morgan fingerprint density at radius 3 is 1.91 bits per heavy atom. The van der Waals surface area contributed by atoms with Crippen LogP contribution in [0.1, 0.15) is 5.56 Å². The van der Waals surface area contributed by atoms with E-state index < -0.39 is 5.69 Å². The number of ether oxygens (including phenoxy) is 2. The molecule has 3 aromatic carbocycles. The van der Waals surface area contributed by atoms with Crippen LogP contribution in [0.4, 0.5) is 0 Å². The number of nitrogens with zero attached hydrogens (tertiary/aromatic N) is 3. The summed E-state index contributed by atoms with van der Waals surface area (Å²) in [5, 5.41) is 4.67. The Hall–Kier alpha value is -4.19. The van der Waals surface area contributed by atoms with Gasteiger partial charge in [0, 0.05) is 11.1 Å². The van der Waals surface area contributed by atoms with Crippen molar-refractivity contribution in [2.24, 2.45) is 0 Å². The van der Waals surface area contributed by atoms with E-state index in [0.29, 0.717) is 17.9 Å². The van der Waals surface area contributed by atoms with Crippen molar-refractivity contribution in [3.63, 3.8) is 0 Å². The highest BCUT2D eigenvalue weighted by atomic mass is 16.5. The fraction of sp³-hybridized carbons (Fsp3) is 0.115. The van der Waals surface area contributed by atoms with Crippen molar-refractivity contribution in [1.82, 2.24) is 14.8 Å². The first-order valence-electron chi connectivity index (χ1n) is 10.2. The maximum Gasteiger partial charge on any atom is 0.364 e. The summed E-state index contributed by atoms with van der Waals surface area (Å²) in [6, 6.07) is 24.9. The van der Waals surface area contributed by atoms with E-state index in [0.717, 1.165) is 28.2 Å². The standard InChI is InChI=1S/C26H23N3O3/c1-31-22-14-10-20(11-15-22)24-25(21-12-16-23(32-2)17-13-21)28-29(26(30)27-24)18-6-9-19-7-4-3-5-8-19/h3-17H,18H2,1-2H3/b9-6+. The predicted molar refractivity (Wildman–Crippen MR) is 126 cm³/mol. The minimum absolute atomic E-state index is 0.312. The first-order chi connectivity index (χ1) is 15.7. The van der Waals surface area contributed by atoms with E-state index in [4.69, 9.17) is 9.47 Å². The van der Waals surface area contributed by atoms with Gasteiger partial charge in [-0.15, -0.1) is 0 Å². The molecule has 0 N–H and O–H groups in total. The minimum Gasteiger partial charge on any atom is -0.497 e. The molecule has 4 aromatic rings. The average Bonchev–Trinajstić information content (AvgIpc) is 2.85. The zero-order valence-corrected chi connectivity index (χ0v) is 17.9. The van der Waals surface area contributed by atoms with Crippen LogP contribution in [0.2, 0.25) is 0 Å². The molecule has 4 rings (SSSR count). The van der Waals surface area contributed by atoms with Crippen LogP contribution >= 0.6 is 0 Å². The fourth-order valence-electron chi connectivity index (χ4n) is 3.28. The summed E-state index contributed by atoms with van der Waals surface area (Å²) in [5.41, 5.74) is 3.40. The van der Waals surface area contributed by atoms with Crippen LogP contribution in [0, 0.1) is 0 Å². The molecule has 160 valence electrons. The predicted octanol–water partition coefficient (Wildman–Crippen LogP) is 4.70. The molecule has 6 nitrogen and oxygen atoms in total. The molecule has 0 radical (unpaired) electrons. The Balaban J connectivity index is 1.75. The molecule has 0 spiro atoms. The van der Waals surface area contributed by atoms with E-state index in [9.17, 15) is 4.79 Å². The van der Waals surface area contributed by atoms with Crippen LogP contribution < -0.4 is 15.2 Å². The zero-order valence-electron chi connectivity index (χ0n) is 17.9. The quantitative estimate of drug-likeness (QED) is 0.429. The van der Waals surface area contributed by atoms with Gasteiger partial charge in [0.1, 0.15) is 22.9 Å². The number of aromatic nitrogens is 3. The SMILES string of the molecule is COc1ccc(-c2nc(=O)n(C/C=C/c3ccccc3)nc2-c2ccc(OC)cc2)cc1. The Morgan fingerprint density at radius 2 is 1.34 bits per heavy atom. The highest BCUT2D eigenvalue weighted by Gasteiger charge is 2.15. The van der Waals surface area contributed by atoms with E-state index in [1.807, 2.05) is 91.0 Å². The molecular weight excluding hydrogens is 402 g/mol. The van der Waals surface area contributed by atoms with Gasteiger partial charge in [-0.25, -0.2) is 9.48 Å². The minimum atomic E-state index is -0.411. The summed E-state index contributed by atoms with van der Waals surface area (Å²) in [7, 11) is 3.23. The van der Waals surface area contributed by atoms with Gasteiger partial charge in [-0.3, -0.25) is 0 Å². The Kier molecular flexibility index (Phi) is 6.41. The number of methoxy groups -OCH3 is 2. The van der Waals surface area contributed by atoms with E-state index in [1.165, 1.54) is 4.68 Å². The number of rotatable bonds is 7.